The van der Waals surface area contributed by atoms with Crippen molar-refractivity contribution in [2.75, 3.05) is 26.2 Å². The minimum atomic E-state index is -1.82. The smallest absolute Gasteiger partial charge is 0.414 e. The summed E-state index contributed by atoms with van der Waals surface area (Å²) in [5.74, 6) is -2.70. The van der Waals surface area contributed by atoms with Gasteiger partial charge in [0, 0.05) is 23.2 Å². The summed E-state index contributed by atoms with van der Waals surface area (Å²) >= 11 is 2.30. The fourth-order valence-electron chi connectivity index (χ4n) is 2.29. The zero-order valence-electron chi connectivity index (χ0n) is 13.6. The second kappa shape index (κ2) is 10.5. The third-order valence-corrected chi connectivity index (χ3v) is 3.89. The normalized spacial score (nSPS) is 20.6. The molecule has 2 unspecified atom stereocenters. The van der Waals surface area contributed by atoms with E-state index in [0.29, 0.717) is 12.2 Å². The van der Waals surface area contributed by atoms with Crippen LogP contribution in [-0.2, 0) is 14.3 Å². The van der Waals surface area contributed by atoms with Crippen molar-refractivity contribution in [2.24, 2.45) is 0 Å². The topological polar surface area (TPSA) is 96.3 Å². The highest BCUT2D eigenvalue weighted by molar-refractivity contribution is 14.1. The molecule has 24 heavy (non-hydrogen) atoms. The first-order valence-corrected chi connectivity index (χ1v) is 8.58. The Morgan fingerprint density at radius 2 is 1.67 bits per heavy atom. The van der Waals surface area contributed by atoms with Gasteiger partial charge in [-0.15, -0.1) is 0 Å². The molecular formula is C16H22INO6. The van der Waals surface area contributed by atoms with Gasteiger partial charge in [0.2, 0.25) is 0 Å². The average Bonchev–Trinajstić information content (AvgIpc) is 2.49. The van der Waals surface area contributed by atoms with Gasteiger partial charge in [-0.05, 0) is 60.7 Å². The molecule has 134 valence electrons. The molecule has 1 heterocycles. The zero-order valence-corrected chi connectivity index (χ0v) is 15.8. The molecule has 0 aromatic heterocycles. The highest BCUT2D eigenvalue weighted by atomic mass is 127. The Morgan fingerprint density at radius 1 is 1.17 bits per heavy atom. The van der Waals surface area contributed by atoms with Crippen LogP contribution in [0.15, 0.2) is 24.3 Å². The van der Waals surface area contributed by atoms with Gasteiger partial charge < -0.3 is 19.7 Å². The van der Waals surface area contributed by atoms with Crippen LogP contribution in [0.1, 0.15) is 13.8 Å². The summed E-state index contributed by atoms with van der Waals surface area (Å²) in [6.07, 6.45) is 0.652. The monoisotopic (exact) mass is 451 g/mol. The number of halogens is 1. The SMILES string of the molecule is CC1CN(CCOc2ccc(I)cc2)CC(C)O1.O=C(O)C(=O)O. The average molecular weight is 451 g/mol. The highest BCUT2D eigenvalue weighted by Gasteiger charge is 2.21. The van der Waals surface area contributed by atoms with Crippen molar-refractivity contribution < 1.29 is 29.3 Å². The predicted octanol–water partition coefficient (Wildman–Crippen LogP) is 1.93. The van der Waals surface area contributed by atoms with E-state index in [4.69, 9.17) is 29.3 Å². The Kier molecular flexibility index (Phi) is 9.01. The molecule has 7 nitrogen and oxygen atoms in total. The lowest BCUT2D eigenvalue weighted by Gasteiger charge is -2.35. The molecule has 0 spiro atoms. The van der Waals surface area contributed by atoms with E-state index in [2.05, 4.69) is 53.5 Å². The molecule has 1 fully saturated rings. The minimum absolute atomic E-state index is 0.326. The second-order valence-corrected chi connectivity index (χ2v) is 6.68. The third-order valence-electron chi connectivity index (χ3n) is 3.17. The number of aliphatic carboxylic acids is 2. The standard InChI is InChI=1S/C14H20INO2.C2H2O4/c1-11-9-16(10-12(2)18-11)7-8-17-14-5-3-13(15)4-6-14;3-1(4)2(5)6/h3-6,11-12H,7-10H2,1-2H3;(H,3,4)(H,5,6). The number of benzene rings is 1. The predicted molar refractivity (Wildman–Crippen MR) is 96.4 cm³/mol. The molecule has 2 rings (SSSR count). The molecule has 1 aliphatic heterocycles. The maximum Gasteiger partial charge on any atom is 0.414 e. The summed E-state index contributed by atoms with van der Waals surface area (Å²) in [6, 6.07) is 8.17. The van der Waals surface area contributed by atoms with Crippen LogP contribution in [0, 0.1) is 3.57 Å². The van der Waals surface area contributed by atoms with Crippen molar-refractivity contribution in [3.8, 4) is 5.75 Å². The summed E-state index contributed by atoms with van der Waals surface area (Å²) in [5.41, 5.74) is 0. The lowest BCUT2D eigenvalue weighted by Crippen LogP contribution is -2.46. The van der Waals surface area contributed by atoms with Crippen LogP contribution in [0.3, 0.4) is 0 Å². The van der Waals surface area contributed by atoms with Crippen LogP contribution in [0.2, 0.25) is 0 Å². The summed E-state index contributed by atoms with van der Waals surface area (Å²) in [6.45, 7) is 7.95. The number of rotatable bonds is 4. The first kappa shape index (κ1) is 20.7. The molecule has 2 atom stereocenters. The van der Waals surface area contributed by atoms with E-state index in [1.165, 1.54) is 3.57 Å². The maximum absolute atomic E-state index is 9.10. The molecule has 0 radical (unpaired) electrons. The quantitative estimate of drug-likeness (QED) is 0.534. The Bertz CT molecular complexity index is 514. The fourth-order valence-corrected chi connectivity index (χ4v) is 2.65. The Balaban J connectivity index is 0.000000413. The van der Waals surface area contributed by atoms with Crippen molar-refractivity contribution in [1.29, 1.82) is 0 Å². The van der Waals surface area contributed by atoms with Crippen LogP contribution >= 0.6 is 22.6 Å². The van der Waals surface area contributed by atoms with Gasteiger partial charge >= 0.3 is 11.9 Å². The van der Waals surface area contributed by atoms with E-state index < -0.39 is 11.9 Å². The molecular weight excluding hydrogens is 429 g/mol. The number of hydrogen-bond acceptors (Lipinski definition) is 5. The van der Waals surface area contributed by atoms with Crippen LogP contribution in [-0.4, -0.2) is 65.5 Å². The zero-order chi connectivity index (χ0) is 18.1. The number of ether oxygens (including phenoxy) is 2. The van der Waals surface area contributed by atoms with Crippen molar-refractivity contribution in [1.82, 2.24) is 4.90 Å². The minimum Gasteiger partial charge on any atom is -0.492 e. The van der Waals surface area contributed by atoms with E-state index >= 15 is 0 Å². The molecule has 0 aliphatic carbocycles. The number of carboxylic acid groups (broad SMARTS) is 2. The molecule has 8 heteroatoms. The van der Waals surface area contributed by atoms with Gasteiger partial charge in [-0.2, -0.15) is 0 Å². The largest absolute Gasteiger partial charge is 0.492 e. The lowest BCUT2D eigenvalue weighted by atomic mass is 10.2. The first-order chi connectivity index (χ1) is 11.3. The fraction of sp³-hybridized carbons (Fsp3) is 0.500. The van der Waals surface area contributed by atoms with Crippen molar-refractivity contribution in [2.45, 2.75) is 26.1 Å². The van der Waals surface area contributed by atoms with E-state index in [9.17, 15) is 0 Å². The molecule has 0 saturated carbocycles. The second-order valence-electron chi connectivity index (χ2n) is 5.43. The molecule has 2 N–H and O–H groups in total. The van der Waals surface area contributed by atoms with Gasteiger partial charge in [0.05, 0.1) is 12.2 Å². The number of carbonyl (C=O) groups is 2. The lowest BCUT2D eigenvalue weighted by molar-refractivity contribution is -0.159. The number of nitrogens with zero attached hydrogens (tertiary/aromatic N) is 1. The van der Waals surface area contributed by atoms with Crippen LogP contribution in [0.25, 0.3) is 0 Å². The van der Waals surface area contributed by atoms with Gasteiger partial charge in [0.15, 0.2) is 0 Å². The summed E-state index contributed by atoms with van der Waals surface area (Å²) in [4.78, 5) is 20.6. The summed E-state index contributed by atoms with van der Waals surface area (Å²) in [5, 5.41) is 14.8. The highest BCUT2D eigenvalue weighted by Crippen LogP contribution is 2.14. The summed E-state index contributed by atoms with van der Waals surface area (Å²) < 4.78 is 12.7. The number of carboxylic acids is 2. The first-order valence-electron chi connectivity index (χ1n) is 7.50. The van der Waals surface area contributed by atoms with Gasteiger partial charge in [-0.1, -0.05) is 0 Å². The van der Waals surface area contributed by atoms with Crippen molar-refractivity contribution in [3.63, 3.8) is 0 Å². The Labute approximate surface area is 154 Å². The Hall–Kier alpha value is -1.39. The molecule has 1 aliphatic rings. The van der Waals surface area contributed by atoms with Gasteiger partial charge in [-0.3, -0.25) is 4.90 Å². The maximum atomic E-state index is 9.10. The van der Waals surface area contributed by atoms with Crippen molar-refractivity contribution >= 4 is 34.5 Å². The molecule has 0 bridgehead atoms. The van der Waals surface area contributed by atoms with Crippen molar-refractivity contribution in [3.05, 3.63) is 27.8 Å². The van der Waals surface area contributed by atoms with E-state index in [-0.39, 0.29) is 0 Å². The van der Waals surface area contributed by atoms with Crippen LogP contribution in [0.4, 0.5) is 0 Å². The third kappa shape index (κ3) is 8.46. The Morgan fingerprint density at radius 3 is 2.12 bits per heavy atom. The van der Waals surface area contributed by atoms with Gasteiger partial charge in [-0.25, -0.2) is 9.59 Å². The molecule has 1 saturated heterocycles. The summed E-state index contributed by atoms with van der Waals surface area (Å²) in [7, 11) is 0. The van der Waals surface area contributed by atoms with Crippen LogP contribution < -0.4 is 4.74 Å². The van der Waals surface area contributed by atoms with Gasteiger partial charge in [0.1, 0.15) is 12.4 Å². The van der Waals surface area contributed by atoms with Crippen LogP contribution in [0.5, 0.6) is 5.75 Å². The number of hydrogen-bond donors (Lipinski definition) is 2. The molecule has 1 aromatic carbocycles. The number of morpholine rings is 1. The van der Waals surface area contributed by atoms with Gasteiger partial charge in [0.25, 0.3) is 0 Å². The van der Waals surface area contributed by atoms with E-state index in [0.717, 1.165) is 32.0 Å². The molecule has 0 amide bonds. The van der Waals surface area contributed by atoms with E-state index in [1.54, 1.807) is 0 Å². The molecule has 1 aromatic rings. The van der Waals surface area contributed by atoms with E-state index in [1.807, 2.05) is 12.1 Å².